The summed E-state index contributed by atoms with van der Waals surface area (Å²) in [6.45, 7) is 6.64. The first-order valence-corrected chi connectivity index (χ1v) is 13.6. The number of ether oxygens (including phenoxy) is 3. The Hall–Kier alpha value is -3.24. The van der Waals surface area contributed by atoms with E-state index in [4.69, 9.17) is 19.0 Å². The molecule has 2 aromatic carbocycles. The zero-order valence-corrected chi connectivity index (χ0v) is 21.2. The molecule has 194 valence electrons. The summed E-state index contributed by atoms with van der Waals surface area (Å²) in [7, 11) is -3.90. The maximum Gasteiger partial charge on any atom is 0.285 e. The van der Waals surface area contributed by atoms with Gasteiger partial charge in [-0.2, -0.15) is 9.79 Å². The third-order valence-corrected chi connectivity index (χ3v) is 8.10. The number of amides is 1. The van der Waals surface area contributed by atoms with Crippen LogP contribution in [0.15, 0.2) is 59.7 Å². The van der Waals surface area contributed by atoms with Crippen molar-refractivity contribution in [1.82, 2.24) is 9.79 Å². The zero-order valence-electron chi connectivity index (χ0n) is 20.4. The molecule has 0 bridgehead atoms. The smallest absolute Gasteiger partial charge is 0.285 e. The average molecular weight is 517 g/mol. The van der Waals surface area contributed by atoms with Gasteiger partial charge in [-0.05, 0) is 43.5 Å². The Kier molecular flexibility index (Phi) is 8.37. The van der Waals surface area contributed by atoms with E-state index in [9.17, 15) is 13.2 Å². The number of unbranched alkanes of at least 4 members (excludes halogenated alkanes) is 2. The highest BCUT2D eigenvalue weighted by Gasteiger charge is 2.33. The van der Waals surface area contributed by atoms with Gasteiger partial charge in [-0.25, -0.2) is 8.42 Å². The number of carbonyl (C=O) groups excluding carboxylic acids is 1. The third kappa shape index (κ3) is 6.11. The molecule has 0 atom stereocenters. The van der Waals surface area contributed by atoms with Crippen molar-refractivity contribution in [2.24, 2.45) is 0 Å². The zero-order chi connectivity index (χ0) is 25.5. The Bertz CT molecular complexity index is 1190. The molecule has 1 saturated heterocycles. The number of allylic oxidation sites excluding steroid dienone is 1. The number of benzene rings is 2. The van der Waals surface area contributed by atoms with Crippen LogP contribution in [0.2, 0.25) is 0 Å². The van der Waals surface area contributed by atoms with Crippen molar-refractivity contribution in [3.63, 3.8) is 0 Å². The predicted octanol–water partition coefficient (Wildman–Crippen LogP) is 4.40. The summed E-state index contributed by atoms with van der Waals surface area (Å²) in [5.74, 6) is 1.76. The summed E-state index contributed by atoms with van der Waals surface area (Å²) in [5.41, 5.74) is 2.36. The van der Waals surface area contributed by atoms with E-state index in [2.05, 4.69) is 19.0 Å². The van der Waals surface area contributed by atoms with Crippen molar-refractivity contribution in [2.75, 3.05) is 19.9 Å². The Labute approximate surface area is 212 Å². The molecule has 4 rings (SSSR count). The van der Waals surface area contributed by atoms with Crippen LogP contribution in [0.25, 0.3) is 0 Å². The molecule has 1 amide bonds. The van der Waals surface area contributed by atoms with Crippen LogP contribution in [-0.4, -0.2) is 44.6 Å². The first-order chi connectivity index (χ1) is 17.4. The molecule has 0 radical (unpaired) electrons. The van der Waals surface area contributed by atoms with Gasteiger partial charge in [0.2, 0.25) is 16.8 Å². The van der Waals surface area contributed by atoms with Crippen molar-refractivity contribution in [3.8, 4) is 17.2 Å². The lowest BCUT2D eigenvalue weighted by Gasteiger charge is -2.31. The minimum absolute atomic E-state index is 0.0255. The predicted molar refractivity (Wildman–Crippen MR) is 133 cm³/mol. The lowest BCUT2D eigenvalue weighted by Crippen LogP contribution is -2.42. The highest BCUT2D eigenvalue weighted by Crippen LogP contribution is 2.36. The maximum atomic E-state index is 13.4. The van der Waals surface area contributed by atoms with E-state index in [0.29, 0.717) is 42.3 Å². The summed E-state index contributed by atoms with van der Waals surface area (Å²) in [6, 6.07) is 11.5. The number of hydrogen-bond donors (Lipinski definition) is 1. The van der Waals surface area contributed by atoms with Crippen molar-refractivity contribution >= 4 is 15.9 Å². The molecule has 9 nitrogen and oxygen atoms in total. The quantitative estimate of drug-likeness (QED) is 0.268. The Morgan fingerprint density at radius 2 is 1.86 bits per heavy atom. The van der Waals surface area contributed by atoms with Gasteiger partial charge in [0.15, 0.2) is 11.5 Å². The van der Waals surface area contributed by atoms with E-state index in [1.807, 2.05) is 6.07 Å². The fourth-order valence-corrected chi connectivity index (χ4v) is 5.81. The van der Waals surface area contributed by atoms with Crippen LogP contribution in [0.5, 0.6) is 17.2 Å². The van der Waals surface area contributed by atoms with Crippen LogP contribution in [0.3, 0.4) is 0 Å². The number of hydroxylamine groups is 1. The largest absolute Gasteiger partial charge is 0.490 e. The lowest BCUT2D eigenvalue weighted by atomic mass is 10.1. The van der Waals surface area contributed by atoms with Crippen molar-refractivity contribution in [3.05, 3.63) is 60.4 Å². The van der Waals surface area contributed by atoms with Gasteiger partial charge >= 0.3 is 0 Å². The summed E-state index contributed by atoms with van der Waals surface area (Å²) in [6.07, 6.45) is 4.53. The minimum Gasteiger partial charge on any atom is -0.490 e. The molecule has 36 heavy (non-hydrogen) atoms. The number of hydrogen-bond acceptors (Lipinski definition) is 7. The SMILES string of the molecule is C=C(CCCCC)ONC(=O)c1ccccc1S(=O)(=O)N1CCC(Oc2ccc3c(c2)OCO3)CC1. The number of piperidine rings is 1. The molecule has 0 unspecified atom stereocenters. The summed E-state index contributed by atoms with van der Waals surface area (Å²) >= 11 is 0. The van der Waals surface area contributed by atoms with Crippen LogP contribution in [0.1, 0.15) is 55.8 Å². The van der Waals surface area contributed by atoms with E-state index in [0.717, 1.165) is 19.3 Å². The normalized spacial score (nSPS) is 15.9. The molecule has 0 aromatic heterocycles. The second-order valence-electron chi connectivity index (χ2n) is 8.76. The molecule has 0 saturated carbocycles. The molecule has 10 heteroatoms. The molecule has 2 aliphatic rings. The second kappa shape index (κ2) is 11.7. The monoisotopic (exact) mass is 516 g/mol. The minimum atomic E-state index is -3.90. The summed E-state index contributed by atoms with van der Waals surface area (Å²) in [5, 5.41) is 0. The van der Waals surface area contributed by atoms with Gasteiger partial charge in [0.05, 0.1) is 10.5 Å². The van der Waals surface area contributed by atoms with E-state index in [1.54, 1.807) is 24.3 Å². The lowest BCUT2D eigenvalue weighted by molar-refractivity contribution is 0.0560. The Morgan fingerprint density at radius 1 is 1.11 bits per heavy atom. The van der Waals surface area contributed by atoms with Gasteiger partial charge in [0.1, 0.15) is 17.6 Å². The molecule has 2 aromatic rings. The van der Waals surface area contributed by atoms with Gasteiger partial charge in [-0.3, -0.25) is 4.79 Å². The summed E-state index contributed by atoms with van der Waals surface area (Å²) in [4.78, 5) is 18.0. The van der Waals surface area contributed by atoms with Crippen LogP contribution < -0.4 is 19.7 Å². The topological polar surface area (TPSA) is 103 Å². The number of nitrogens with one attached hydrogen (secondary N) is 1. The maximum absolute atomic E-state index is 13.4. The fraction of sp³-hybridized carbons (Fsp3) is 0.423. The molecule has 0 spiro atoms. The van der Waals surface area contributed by atoms with Gasteiger partial charge in [-0.1, -0.05) is 38.5 Å². The van der Waals surface area contributed by atoms with E-state index < -0.39 is 15.9 Å². The molecule has 0 aliphatic carbocycles. The highest BCUT2D eigenvalue weighted by atomic mass is 32.2. The first-order valence-electron chi connectivity index (χ1n) is 12.2. The van der Waals surface area contributed by atoms with Crippen LogP contribution in [0.4, 0.5) is 0 Å². The molecule has 1 fully saturated rings. The first kappa shape index (κ1) is 25.8. The number of carbonyl (C=O) groups is 1. The molecular formula is C26H32N2O7S. The molecule has 2 heterocycles. The van der Waals surface area contributed by atoms with Crippen molar-refractivity contribution in [2.45, 2.75) is 56.4 Å². The Balaban J connectivity index is 1.36. The highest BCUT2D eigenvalue weighted by molar-refractivity contribution is 7.89. The number of nitrogens with zero attached hydrogens (tertiary/aromatic N) is 1. The van der Waals surface area contributed by atoms with Crippen LogP contribution in [0, 0.1) is 0 Å². The van der Waals surface area contributed by atoms with E-state index >= 15 is 0 Å². The van der Waals surface area contributed by atoms with Gasteiger partial charge in [0, 0.05) is 25.6 Å². The van der Waals surface area contributed by atoms with Crippen molar-refractivity contribution < 1.29 is 32.3 Å². The summed E-state index contributed by atoms with van der Waals surface area (Å²) < 4.78 is 45.0. The van der Waals surface area contributed by atoms with E-state index in [1.165, 1.54) is 16.4 Å². The van der Waals surface area contributed by atoms with Gasteiger partial charge in [-0.15, -0.1) is 0 Å². The molecular weight excluding hydrogens is 484 g/mol. The van der Waals surface area contributed by atoms with Gasteiger partial charge < -0.3 is 19.0 Å². The molecule has 1 N–H and O–H groups in total. The Morgan fingerprint density at radius 3 is 2.64 bits per heavy atom. The second-order valence-corrected chi connectivity index (χ2v) is 10.7. The van der Waals surface area contributed by atoms with Crippen LogP contribution in [-0.2, 0) is 14.9 Å². The van der Waals surface area contributed by atoms with E-state index in [-0.39, 0.29) is 36.4 Å². The number of fused-ring (bicyclic) bond motifs is 1. The average Bonchev–Trinajstić information content (AvgIpc) is 3.36. The molecule has 2 aliphatic heterocycles. The van der Waals surface area contributed by atoms with Crippen molar-refractivity contribution in [1.29, 1.82) is 0 Å². The number of rotatable bonds is 11. The number of sulfonamides is 1. The van der Waals surface area contributed by atoms with Crippen LogP contribution >= 0.6 is 0 Å². The fourth-order valence-electron chi connectivity index (χ4n) is 4.15. The standard InChI is InChI=1S/C26H32N2O7S/c1-3-4-5-8-19(2)35-27-26(29)22-9-6-7-10-25(22)36(30,31)28-15-13-20(14-16-28)34-21-11-12-23-24(17-21)33-18-32-23/h6-7,9-12,17,20H,2-5,8,13-16,18H2,1H3,(H,27,29). The third-order valence-electron chi connectivity index (χ3n) is 6.14. The van der Waals surface area contributed by atoms with Gasteiger partial charge in [0.25, 0.3) is 5.91 Å².